The summed E-state index contributed by atoms with van der Waals surface area (Å²) in [4.78, 5) is 10.9. The van der Waals surface area contributed by atoms with Crippen LogP contribution in [-0.4, -0.2) is 18.1 Å². The Balaban J connectivity index is 2.19. The SMILES string of the molecule is O=C(CCl)Nc1ccc2c(c1)OC(F)(F)O2. The van der Waals surface area contributed by atoms with E-state index in [9.17, 15) is 13.6 Å². The van der Waals surface area contributed by atoms with Crippen LogP contribution >= 0.6 is 11.6 Å². The van der Waals surface area contributed by atoms with Crippen molar-refractivity contribution in [3.05, 3.63) is 18.2 Å². The third-order valence-corrected chi connectivity index (χ3v) is 2.05. The molecule has 1 aliphatic rings. The Hall–Kier alpha value is -1.56. The first-order valence-electron chi connectivity index (χ1n) is 4.26. The summed E-state index contributed by atoms with van der Waals surface area (Å²) >= 11 is 5.28. The third kappa shape index (κ3) is 2.16. The van der Waals surface area contributed by atoms with Crippen LogP contribution in [0, 0.1) is 0 Å². The van der Waals surface area contributed by atoms with Crippen LogP contribution in [0.4, 0.5) is 14.5 Å². The summed E-state index contributed by atoms with van der Waals surface area (Å²) in [5.41, 5.74) is 0.311. The fourth-order valence-corrected chi connectivity index (χ4v) is 1.29. The van der Waals surface area contributed by atoms with E-state index in [0.29, 0.717) is 5.69 Å². The lowest BCUT2D eigenvalue weighted by molar-refractivity contribution is -0.286. The molecule has 1 aromatic rings. The largest absolute Gasteiger partial charge is 0.586 e. The number of carbonyl (C=O) groups excluding carboxylic acids is 1. The minimum Gasteiger partial charge on any atom is -0.395 e. The van der Waals surface area contributed by atoms with Crippen LogP contribution in [-0.2, 0) is 4.79 Å². The van der Waals surface area contributed by atoms with E-state index < -0.39 is 12.2 Å². The van der Waals surface area contributed by atoms with E-state index in [1.54, 1.807) is 0 Å². The molecule has 86 valence electrons. The zero-order valence-electron chi connectivity index (χ0n) is 7.80. The molecule has 1 aliphatic heterocycles. The van der Waals surface area contributed by atoms with E-state index in [2.05, 4.69) is 14.8 Å². The van der Waals surface area contributed by atoms with E-state index in [1.807, 2.05) is 0 Å². The lowest BCUT2D eigenvalue weighted by Crippen LogP contribution is -2.25. The van der Waals surface area contributed by atoms with Crippen LogP contribution in [0.1, 0.15) is 0 Å². The van der Waals surface area contributed by atoms with Gasteiger partial charge in [-0.15, -0.1) is 20.4 Å². The average molecular weight is 250 g/mol. The molecule has 7 heteroatoms. The number of hydrogen-bond donors (Lipinski definition) is 1. The van der Waals surface area contributed by atoms with Gasteiger partial charge in [-0.1, -0.05) is 0 Å². The quantitative estimate of drug-likeness (QED) is 0.818. The molecule has 1 heterocycles. The van der Waals surface area contributed by atoms with Crippen LogP contribution in [0.15, 0.2) is 18.2 Å². The van der Waals surface area contributed by atoms with Crippen molar-refractivity contribution in [2.75, 3.05) is 11.2 Å². The van der Waals surface area contributed by atoms with Crippen molar-refractivity contribution < 1.29 is 23.0 Å². The van der Waals surface area contributed by atoms with Crippen molar-refractivity contribution >= 4 is 23.2 Å². The third-order valence-electron chi connectivity index (χ3n) is 1.81. The zero-order valence-corrected chi connectivity index (χ0v) is 8.55. The summed E-state index contributed by atoms with van der Waals surface area (Å²) in [5, 5.41) is 2.40. The van der Waals surface area contributed by atoms with Gasteiger partial charge in [0.1, 0.15) is 5.88 Å². The Kier molecular flexibility index (Phi) is 2.59. The van der Waals surface area contributed by atoms with E-state index in [1.165, 1.54) is 18.2 Å². The summed E-state index contributed by atoms with van der Waals surface area (Å²) in [7, 11) is 0. The summed E-state index contributed by atoms with van der Waals surface area (Å²) in [5.74, 6) is -0.858. The number of amides is 1. The molecule has 0 aliphatic carbocycles. The van der Waals surface area contributed by atoms with Crippen LogP contribution in [0.2, 0.25) is 0 Å². The Morgan fingerprint density at radius 1 is 1.38 bits per heavy atom. The number of carbonyl (C=O) groups is 1. The van der Waals surface area contributed by atoms with E-state index >= 15 is 0 Å². The maximum Gasteiger partial charge on any atom is 0.586 e. The van der Waals surface area contributed by atoms with Crippen molar-refractivity contribution in [1.82, 2.24) is 0 Å². The van der Waals surface area contributed by atoms with Gasteiger partial charge >= 0.3 is 6.29 Å². The molecule has 4 nitrogen and oxygen atoms in total. The molecule has 0 spiro atoms. The maximum absolute atomic E-state index is 12.6. The molecular formula is C9H6ClF2NO3. The predicted molar refractivity (Wildman–Crippen MR) is 52.0 cm³/mol. The second kappa shape index (κ2) is 3.79. The fourth-order valence-electron chi connectivity index (χ4n) is 1.22. The van der Waals surface area contributed by atoms with Crippen molar-refractivity contribution in [1.29, 1.82) is 0 Å². The lowest BCUT2D eigenvalue weighted by atomic mass is 10.3. The molecule has 0 fully saturated rings. The van der Waals surface area contributed by atoms with Gasteiger partial charge in [0.15, 0.2) is 11.5 Å². The number of alkyl halides is 3. The number of benzene rings is 1. The normalized spacial score (nSPS) is 15.9. The van der Waals surface area contributed by atoms with Gasteiger partial charge in [0, 0.05) is 11.8 Å². The van der Waals surface area contributed by atoms with E-state index in [-0.39, 0.29) is 17.4 Å². The summed E-state index contributed by atoms with van der Waals surface area (Å²) < 4.78 is 33.7. The monoisotopic (exact) mass is 249 g/mol. The smallest absolute Gasteiger partial charge is 0.395 e. The van der Waals surface area contributed by atoms with Crippen molar-refractivity contribution in [2.24, 2.45) is 0 Å². The molecule has 0 aromatic heterocycles. The highest BCUT2D eigenvalue weighted by Crippen LogP contribution is 2.42. The molecule has 1 N–H and O–H groups in total. The van der Waals surface area contributed by atoms with Gasteiger partial charge in [-0.05, 0) is 12.1 Å². The van der Waals surface area contributed by atoms with Gasteiger partial charge in [0.2, 0.25) is 5.91 Å². The van der Waals surface area contributed by atoms with Gasteiger partial charge in [-0.25, -0.2) is 0 Å². The standard InChI is InChI=1S/C9H6ClF2NO3/c10-4-8(14)13-5-1-2-6-7(3-5)16-9(11,12)15-6/h1-3H,4H2,(H,13,14). The molecule has 0 saturated carbocycles. The highest BCUT2D eigenvalue weighted by Gasteiger charge is 2.43. The first-order valence-corrected chi connectivity index (χ1v) is 4.79. The van der Waals surface area contributed by atoms with Crippen molar-refractivity contribution in [2.45, 2.75) is 6.29 Å². The molecule has 0 saturated heterocycles. The molecule has 1 amide bonds. The van der Waals surface area contributed by atoms with Crippen molar-refractivity contribution in [3.8, 4) is 11.5 Å². The number of anilines is 1. The molecule has 0 radical (unpaired) electrons. The summed E-state index contributed by atoms with van der Waals surface area (Å²) in [6.45, 7) is 0. The molecule has 2 rings (SSSR count). The minimum atomic E-state index is -3.66. The second-order valence-electron chi connectivity index (χ2n) is 3.01. The summed E-state index contributed by atoms with van der Waals surface area (Å²) in [6, 6.07) is 3.93. The Morgan fingerprint density at radius 3 is 2.75 bits per heavy atom. The van der Waals surface area contributed by atoms with E-state index in [4.69, 9.17) is 11.6 Å². The summed E-state index contributed by atoms with van der Waals surface area (Å²) in [6.07, 6.45) is -3.66. The molecule has 0 bridgehead atoms. The number of nitrogens with one attached hydrogen (secondary N) is 1. The number of fused-ring (bicyclic) bond motifs is 1. The Labute approximate surface area is 94.1 Å². The van der Waals surface area contributed by atoms with Crippen LogP contribution in [0.3, 0.4) is 0 Å². The molecule has 0 atom stereocenters. The number of ether oxygens (including phenoxy) is 2. The molecule has 16 heavy (non-hydrogen) atoms. The second-order valence-corrected chi connectivity index (χ2v) is 3.28. The lowest BCUT2D eigenvalue weighted by Gasteiger charge is -2.04. The van der Waals surface area contributed by atoms with Gasteiger partial charge < -0.3 is 14.8 Å². The topological polar surface area (TPSA) is 47.6 Å². The number of halogens is 3. The van der Waals surface area contributed by atoms with E-state index in [0.717, 1.165) is 0 Å². The van der Waals surface area contributed by atoms with Gasteiger partial charge in [-0.2, -0.15) is 0 Å². The minimum absolute atomic E-state index is 0.0751. The predicted octanol–water partition coefficient (Wildman–Crippen LogP) is 2.19. The highest BCUT2D eigenvalue weighted by molar-refractivity contribution is 6.29. The van der Waals surface area contributed by atoms with Gasteiger partial charge in [-0.3, -0.25) is 4.79 Å². The van der Waals surface area contributed by atoms with Crippen LogP contribution in [0.5, 0.6) is 11.5 Å². The Bertz CT molecular complexity index is 439. The number of rotatable bonds is 2. The van der Waals surface area contributed by atoms with Crippen LogP contribution < -0.4 is 14.8 Å². The first-order chi connectivity index (χ1) is 7.50. The maximum atomic E-state index is 12.6. The first kappa shape index (κ1) is 10.9. The zero-order chi connectivity index (χ0) is 11.8. The van der Waals surface area contributed by atoms with Crippen molar-refractivity contribution in [3.63, 3.8) is 0 Å². The van der Waals surface area contributed by atoms with Gasteiger partial charge in [0.05, 0.1) is 0 Å². The molecule has 0 unspecified atom stereocenters. The fraction of sp³-hybridized carbons (Fsp3) is 0.222. The van der Waals surface area contributed by atoms with Gasteiger partial charge in [0.25, 0.3) is 0 Å². The number of hydrogen-bond acceptors (Lipinski definition) is 3. The Morgan fingerprint density at radius 2 is 2.06 bits per heavy atom. The average Bonchev–Trinajstić information content (AvgIpc) is 2.51. The molecular weight excluding hydrogens is 244 g/mol. The highest BCUT2D eigenvalue weighted by atomic mass is 35.5. The van der Waals surface area contributed by atoms with Crippen LogP contribution in [0.25, 0.3) is 0 Å². The molecule has 1 aromatic carbocycles.